The summed E-state index contributed by atoms with van der Waals surface area (Å²) in [5, 5.41) is 9.92. The molecule has 1 N–H and O–H groups in total. The van der Waals surface area contributed by atoms with Crippen LogP contribution in [-0.2, 0) is 4.79 Å². The van der Waals surface area contributed by atoms with Crippen LogP contribution in [0.3, 0.4) is 0 Å². The first kappa shape index (κ1) is 17.8. The standard InChI is InChI=1S/C22H22O4/c1-25-19-8-3-5-15(13-19)11-17-6-4-7-18(22(17)24)12-16-9-10-21(26-2)20(23)14-16/h3,5,8-14,23H,4,6-7H2,1-2H3/b17-11+,18-12+. The van der Waals surface area contributed by atoms with Gasteiger partial charge < -0.3 is 14.6 Å². The van der Waals surface area contributed by atoms with E-state index in [4.69, 9.17) is 9.47 Å². The van der Waals surface area contributed by atoms with Crippen LogP contribution in [0.1, 0.15) is 30.4 Å². The molecule has 2 aromatic rings. The zero-order valence-electron chi connectivity index (χ0n) is 15.0. The Morgan fingerprint density at radius 3 is 2.23 bits per heavy atom. The number of ketones is 1. The summed E-state index contributed by atoms with van der Waals surface area (Å²) in [5.74, 6) is 1.32. The number of benzene rings is 2. The maximum absolute atomic E-state index is 12.8. The van der Waals surface area contributed by atoms with Gasteiger partial charge in [-0.05, 0) is 66.8 Å². The SMILES string of the molecule is COc1cccc(/C=C2\CCC/C(=C\c3ccc(OC)c(O)c3)C2=O)c1. The Bertz CT molecular complexity index is 877. The Morgan fingerprint density at radius 2 is 1.62 bits per heavy atom. The van der Waals surface area contributed by atoms with E-state index in [2.05, 4.69) is 0 Å². The third-order valence-electron chi connectivity index (χ3n) is 4.45. The van der Waals surface area contributed by atoms with Crippen molar-refractivity contribution in [2.45, 2.75) is 19.3 Å². The lowest BCUT2D eigenvalue weighted by molar-refractivity contribution is -0.112. The van der Waals surface area contributed by atoms with Crippen LogP contribution < -0.4 is 9.47 Å². The van der Waals surface area contributed by atoms with Crippen molar-refractivity contribution in [1.29, 1.82) is 0 Å². The van der Waals surface area contributed by atoms with E-state index in [0.29, 0.717) is 5.75 Å². The molecule has 1 aliphatic carbocycles. The van der Waals surface area contributed by atoms with Crippen LogP contribution in [0.5, 0.6) is 17.2 Å². The van der Waals surface area contributed by atoms with E-state index in [-0.39, 0.29) is 11.5 Å². The number of carbonyl (C=O) groups is 1. The third kappa shape index (κ3) is 3.97. The predicted molar refractivity (Wildman–Crippen MR) is 102 cm³/mol. The lowest BCUT2D eigenvalue weighted by Crippen LogP contribution is -2.12. The molecule has 0 spiro atoms. The Balaban J connectivity index is 1.87. The van der Waals surface area contributed by atoms with Gasteiger partial charge in [0.2, 0.25) is 0 Å². The first-order valence-electron chi connectivity index (χ1n) is 8.57. The van der Waals surface area contributed by atoms with Crippen molar-refractivity contribution < 1.29 is 19.4 Å². The number of hydrogen-bond acceptors (Lipinski definition) is 4. The number of aromatic hydroxyl groups is 1. The highest BCUT2D eigenvalue weighted by atomic mass is 16.5. The number of Topliss-reactive ketones (excluding diaryl/α,β-unsaturated/α-hetero) is 1. The third-order valence-corrected chi connectivity index (χ3v) is 4.45. The van der Waals surface area contributed by atoms with Gasteiger partial charge in [0, 0.05) is 11.1 Å². The van der Waals surface area contributed by atoms with Gasteiger partial charge in [0.25, 0.3) is 0 Å². The van der Waals surface area contributed by atoms with Gasteiger partial charge >= 0.3 is 0 Å². The van der Waals surface area contributed by atoms with Crippen molar-refractivity contribution in [3.05, 3.63) is 64.7 Å². The van der Waals surface area contributed by atoms with Gasteiger partial charge in [-0.3, -0.25) is 4.79 Å². The smallest absolute Gasteiger partial charge is 0.185 e. The molecule has 1 fully saturated rings. The van der Waals surface area contributed by atoms with Crippen LogP contribution in [0.15, 0.2) is 53.6 Å². The van der Waals surface area contributed by atoms with Crippen LogP contribution in [0.2, 0.25) is 0 Å². The van der Waals surface area contributed by atoms with E-state index >= 15 is 0 Å². The minimum absolute atomic E-state index is 0.0642. The minimum Gasteiger partial charge on any atom is -0.504 e. The number of ether oxygens (including phenoxy) is 2. The Labute approximate surface area is 153 Å². The van der Waals surface area contributed by atoms with Gasteiger partial charge in [-0.15, -0.1) is 0 Å². The number of phenolic OH excluding ortho intramolecular Hbond substituents is 1. The molecule has 0 aromatic heterocycles. The summed E-state index contributed by atoms with van der Waals surface area (Å²) >= 11 is 0. The van der Waals surface area contributed by atoms with E-state index in [1.165, 1.54) is 7.11 Å². The molecule has 0 unspecified atom stereocenters. The molecule has 26 heavy (non-hydrogen) atoms. The van der Waals surface area contributed by atoms with E-state index in [9.17, 15) is 9.90 Å². The second kappa shape index (κ2) is 7.91. The molecule has 0 radical (unpaired) electrons. The Morgan fingerprint density at radius 1 is 0.923 bits per heavy atom. The van der Waals surface area contributed by atoms with Crippen molar-refractivity contribution in [3.63, 3.8) is 0 Å². The fraction of sp³-hybridized carbons (Fsp3) is 0.227. The normalized spacial score (nSPS) is 17.5. The van der Waals surface area contributed by atoms with Gasteiger partial charge in [-0.1, -0.05) is 18.2 Å². The second-order valence-electron chi connectivity index (χ2n) is 6.23. The zero-order chi connectivity index (χ0) is 18.5. The van der Waals surface area contributed by atoms with Crippen LogP contribution in [0, 0.1) is 0 Å². The molecule has 0 bridgehead atoms. The molecule has 0 atom stereocenters. The lowest BCUT2D eigenvalue weighted by Gasteiger charge is -2.17. The number of rotatable bonds is 4. The topological polar surface area (TPSA) is 55.8 Å². The summed E-state index contributed by atoms with van der Waals surface area (Å²) in [6.45, 7) is 0. The molecule has 0 aliphatic heterocycles. The van der Waals surface area contributed by atoms with E-state index in [0.717, 1.165) is 47.3 Å². The Kier molecular flexibility index (Phi) is 5.42. The van der Waals surface area contributed by atoms with Crippen LogP contribution in [0.4, 0.5) is 0 Å². The summed E-state index contributed by atoms with van der Waals surface area (Å²) < 4.78 is 10.3. The highest BCUT2D eigenvalue weighted by molar-refractivity contribution is 6.14. The number of carbonyl (C=O) groups excluding carboxylic acids is 1. The number of allylic oxidation sites excluding steroid dienone is 2. The van der Waals surface area contributed by atoms with Gasteiger partial charge in [-0.2, -0.15) is 0 Å². The van der Waals surface area contributed by atoms with Crippen molar-refractivity contribution in [3.8, 4) is 17.2 Å². The van der Waals surface area contributed by atoms with Gasteiger partial charge in [0.05, 0.1) is 14.2 Å². The predicted octanol–water partition coefficient (Wildman–Crippen LogP) is 4.63. The van der Waals surface area contributed by atoms with E-state index < -0.39 is 0 Å². The maximum atomic E-state index is 12.8. The van der Waals surface area contributed by atoms with Crippen LogP contribution in [0.25, 0.3) is 12.2 Å². The number of methoxy groups -OCH3 is 2. The summed E-state index contributed by atoms with van der Waals surface area (Å²) in [7, 11) is 3.14. The summed E-state index contributed by atoms with van der Waals surface area (Å²) in [6, 6.07) is 12.8. The molecule has 0 heterocycles. The van der Waals surface area contributed by atoms with Gasteiger partial charge in [-0.25, -0.2) is 0 Å². The molecule has 4 nitrogen and oxygen atoms in total. The molecule has 0 saturated heterocycles. The molecular weight excluding hydrogens is 328 g/mol. The van der Waals surface area contributed by atoms with Crippen molar-refractivity contribution in [1.82, 2.24) is 0 Å². The molecule has 4 heteroatoms. The summed E-state index contributed by atoms with van der Waals surface area (Å²) in [5.41, 5.74) is 3.30. The second-order valence-corrected chi connectivity index (χ2v) is 6.23. The first-order valence-corrected chi connectivity index (χ1v) is 8.57. The van der Waals surface area contributed by atoms with Crippen LogP contribution in [-0.4, -0.2) is 25.1 Å². The van der Waals surface area contributed by atoms with Crippen molar-refractivity contribution in [2.75, 3.05) is 14.2 Å². The fourth-order valence-electron chi connectivity index (χ4n) is 3.11. The maximum Gasteiger partial charge on any atom is 0.185 e. The van der Waals surface area contributed by atoms with Gasteiger partial charge in [0.15, 0.2) is 17.3 Å². The monoisotopic (exact) mass is 350 g/mol. The van der Waals surface area contributed by atoms with Crippen molar-refractivity contribution in [2.24, 2.45) is 0 Å². The van der Waals surface area contributed by atoms with Crippen LogP contribution >= 0.6 is 0 Å². The number of phenols is 1. The van der Waals surface area contributed by atoms with Gasteiger partial charge in [0.1, 0.15) is 5.75 Å². The average molecular weight is 350 g/mol. The molecular formula is C22H22O4. The highest BCUT2D eigenvalue weighted by Gasteiger charge is 2.20. The fourth-order valence-corrected chi connectivity index (χ4v) is 3.11. The zero-order valence-corrected chi connectivity index (χ0v) is 15.0. The molecule has 1 aliphatic rings. The minimum atomic E-state index is 0.0642. The Hall–Kier alpha value is -3.01. The molecule has 0 amide bonds. The largest absolute Gasteiger partial charge is 0.504 e. The summed E-state index contributed by atoms with van der Waals surface area (Å²) in [4.78, 5) is 12.8. The molecule has 134 valence electrons. The average Bonchev–Trinajstić information content (AvgIpc) is 2.65. The highest BCUT2D eigenvalue weighted by Crippen LogP contribution is 2.31. The van der Waals surface area contributed by atoms with Crippen molar-refractivity contribution >= 4 is 17.9 Å². The lowest BCUT2D eigenvalue weighted by atomic mass is 9.87. The number of hydrogen-bond donors (Lipinski definition) is 1. The molecule has 1 saturated carbocycles. The first-order chi connectivity index (χ1) is 12.6. The molecule has 2 aromatic carbocycles. The quantitative estimate of drug-likeness (QED) is 0.817. The van der Waals surface area contributed by atoms with E-state index in [1.54, 1.807) is 19.2 Å². The summed E-state index contributed by atoms with van der Waals surface area (Å²) in [6.07, 6.45) is 6.21. The van der Waals surface area contributed by atoms with E-state index in [1.807, 2.05) is 42.5 Å². The molecule has 3 rings (SSSR count).